The molecule has 0 aliphatic carbocycles. The van der Waals surface area contributed by atoms with E-state index in [0.29, 0.717) is 16.9 Å². The van der Waals surface area contributed by atoms with Gasteiger partial charge in [-0.1, -0.05) is 6.07 Å². The van der Waals surface area contributed by atoms with Crippen molar-refractivity contribution < 1.29 is 18.4 Å². The number of pyridine rings is 1. The van der Waals surface area contributed by atoms with Gasteiger partial charge in [0.25, 0.3) is 0 Å². The minimum Gasteiger partial charge on any atom is -0.426 e. The van der Waals surface area contributed by atoms with Crippen molar-refractivity contribution in [3.8, 4) is 0 Å². The summed E-state index contributed by atoms with van der Waals surface area (Å²) >= 11 is 0. The van der Waals surface area contributed by atoms with E-state index in [1.165, 1.54) is 18.3 Å². The summed E-state index contributed by atoms with van der Waals surface area (Å²) in [6, 6.07) is 6.05. The molecule has 24 heavy (non-hydrogen) atoms. The molecule has 0 spiro atoms. The third-order valence-corrected chi connectivity index (χ3v) is 4.91. The fourth-order valence-electron chi connectivity index (χ4n) is 2.69. The second-order valence-corrected chi connectivity index (χ2v) is 7.50. The van der Waals surface area contributed by atoms with Crippen molar-refractivity contribution in [1.29, 1.82) is 0 Å². The van der Waals surface area contributed by atoms with Crippen LogP contribution in [0, 0.1) is 13.8 Å². The van der Waals surface area contributed by atoms with Crippen molar-refractivity contribution in [2.45, 2.75) is 18.7 Å². The first-order chi connectivity index (χ1) is 11.2. The third-order valence-electron chi connectivity index (χ3n) is 3.78. The lowest BCUT2D eigenvalue weighted by Gasteiger charge is -2.09. The molecule has 8 heteroatoms. The molecule has 0 radical (unpaired) electrons. The van der Waals surface area contributed by atoms with E-state index >= 15 is 0 Å². The Hall–Kier alpha value is -2.74. The maximum absolute atomic E-state index is 12.9. The van der Waals surface area contributed by atoms with E-state index in [1.54, 1.807) is 26.0 Å². The number of aryl methyl sites for hydroxylation is 2. The molecular formula is C16H15N3O4S. The fourth-order valence-corrected chi connectivity index (χ4v) is 3.52. The zero-order valence-electron chi connectivity index (χ0n) is 13.3. The number of aromatic nitrogens is 3. The van der Waals surface area contributed by atoms with Crippen molar-refractivity contribution >= 4 is 26.5 Å². The topological polar surface area (TPSA) is 102 Å². The number of rotatable bonds is 3. The monoisotopic (exact) mass is 345 g/mol. The SMILES string of the molecule is Cc1nc(C)n(O)c1C(=O)c1ccc(S(C)(=O)=O)c2ncccc12. The lowest BCUT2D eigenvalue weighted by atomic mass is 10.0. The Labute approximate surface area is 138 Å². The Balaban J connectivity index is 2.31. The first-order valence-electron chi connectivity index (χ1n) is 7.09. The maximum Gasteiger partial charge on any atom is 0.215 e. The molecule has 0 amide bonds. The number of sulfone groups is 1. The van der Waals surface area contributed by atoms with Crippen LogP contribution in [0.15, 0.2) is 35.4 Å². The van der Waals surface area contributed by atoms with Crippen LogP contribution in [0.2, 0.25) is 0 Å². The van der Waals surface area contributed by atoms with Gasteiger partial charge >= 0.3 is 0 Å². The summed E-state index contributed by atoms with van der Waals surface area (Å²) in [6.45, 7) is 3.20. The molecule has 0 aliphatic heterocycles. The first kappa shape index (κ1) is 16.1. The van der Waals surface area contributed by atoms with Gasteiger partial charge in [0.2, 0.25) is 5.78 Å². The normalized spacial score (nSPS) is 11.8. The Morgan fingerprint density at radius 3 is 2.50 bits per heavy atom. The van der Waals surface area contributed by atoms with Crippen LogP contribution in [0.5, 0.6) is 0 Å². The van der Waals surface area contributed by atoms with Crippen molar-refractivity contribution in [2.75, 3.05) is 6.26 Å². The molecule has 0 bridgehead atoms. The molecule has 3 aromatic rings. The minimum absolute atomic E-state index is 0.0461. The molecule has 0 atom stereocenters. The Kier molecular flexibility index (Phi) is 3.64. The lowest BCUT2D eigenvalue weighted by molar-refractivity contribution is 0.0981. The molecule has 3 rings (SSSR count). The van der Waals surface area contributed by atoms with Gasteiger partial charge in [-0.25, -0.2) is 13.4 Å². The number of imidazole rings is 1. The number of fused-ring (bicyclic) bond motifs is 1. The molecule has 2 aromatic heterocycles. The number of hydrogen-bond acceptors (Lipinski definition) is 6. The summed E-state index contributed by atoms with van der Waals surface area (Å²) in [5.41, 5.74) is 0.919. The number of carbonyl (C=O) groups excluding carboxylic acids is 1. The lowest BCUT2D eigenvalue weighted by Crippen LogP contribution is -2.12. The summed E-state index contributed by atoms with van der Waals surface area (Å²) in [7, 11) is -3.49. The van der Waals surface area contributed by atoms with E-state index < -0.39 is 15.6 Å². The van der Waals surface area contributed by atoms with Crippen LogP contribution in [0.4, 0.5) is 0 Å². The van der Waals surface area contributed by atoms with Gasteiger partial charge in [-0.3, -0.25) is 9.78 Å². The molecule has 1 aromatic carbocycles. The molecule has 124 valence electrons. The fraction of sp³-hybridized carbons (Fsp3) is 0.188. The highest BCUT2D eigenvalue weighted by molar-refractivity contribution is 7.91. The molecule has 0 fully saturated rings. The van der Waals surface area contributed by atoms with E-state index in [4.69, 9.17) is 0 Å². The standard InChI is InChI=1S/C16H15N3O4S/c1-9-15(19(21)10(2)18-9)16(20)12-6-7-13(24(3,22)23)14-11(12)5-4-8-17-14/h4-8,21H,1-3H3. The van der Waals surface area contributed by atoms with Crippen LogP contribution >= 0.6 is 0 Å². The van der Waals surface area contributed by atoms with E-state index in [1.807, 2.05) is 0 Å². The molecule has 2 heterocycles. The molecule has 1 N–H and O–H groups in total. The van der Waals surface area contributed by atoms with Crippen LogP contribution in [-0.2, 0) is 9.84 Å². The smallest absolute Gasteiger partial charge is 0.215 e. The largest absolute Gasteiger partial charge is 0.426 e. The zero-order chi connectivity index (χ0) is 17.6. The van der Waals surface area contributed by atoms with Crippen molar-refractivity contribution in [3.05, 3.63) is 53.2 Å². The number of carbonyl (C=O) groups is 1. The Morgan fingerprint density at radius 2 is 1.92 bits per heavy atom. The molecule has 0 saturated heterocycles. The van der Waals surface area contributed by atoms with E-state index in [-0.39, 0.29) is 21.7 Å². The average molecular weight is 345 g/mol. The van der Waals surface area contributed by atoms with Crippen LogP contribution in [0.1, 0.15) is 27.6 Å². The number of ketones is 1. The quantitative estimate of drug-likeness (QED) is 0.575. The Bertz CT molecular complexity index is 1080. The molecule has 0 saturated carbocycles. The summed E-state index contributed by atoms with van der Waals surface area (Å²) in [5.74, 6) is -0.153. The van der Waals surface area contributed by atoms with Crippen LogP contribution in [0.3, 0.4) is 0 Å². The molecule has 7 nitrogen and oxygen atoms in total. The second-order valence-electron chi connectivity index (χ2n) is 5.52. The van der Waals surface area contributed by atoms with Crippen molar-refractivity contribution in [1.82, 2.24) is 14.7 Å². The van der Waals surface area contributed by atoms with Crippen molar-refractivity contribution in [2.24, 2.45) is 0 Å². The number of benzene rings is 1. The zero-order valence-corrected chi connectivity index (χ0v) is 14.1. The van der Waals surface area contributed by atoms with Gasteiger partial charge in [0.05, 0.1) is 16.1 Å². The summed E-state index contributed by atoms with van der Waals surface area (Å²) in [4.78, 5) is 21.1. The third kappa shape index (κ3) is 2.44. The van der Waals surface area contributed by atoms with E-state index in [0.717, 1.165) is 11.0 Å². The molecular weight excluding hydrogens is 330 g/mol. The van der Waals surface area contributed by atoms with Crippen LogP contribution in [-0.4, -0.2) is 40.4 Å². The van der Waals surface area contributed by atoms with Gasteiger partial charge in [0.15, 0.2) is 15.5 Å². The van der Waals surface area contributed by atoms with Crippen LogP contribution in [0.25, 0.3) is 10.9 Å². The van der Waals surface area contributed by atoms with Gasteiger partial charge in [-0.15, -0.1) is 0 Å². The highest BCUT2D eigenvalue weighted by Crippen LogP contribution is 2.27. The van der Waals surface area contributed by atoms with Crippen LogP contribution < -0.4 is 0 Å². The minimum atomic E-state index is -3.49. The van der Waals surface area contributed by atoms with Gasteiger partial charge < -0.3 is 5.21 Å². The molecule has 0 aliphatic rings. The number of nitrogens with zero attached hydrogens (tertiary/aromatic N) is 3. The second kappa shape index (κ2) is 5.41. The van der Waals surface area contributed by atoms with Crippen molar-refractivity contribution in [3.63, 3.8) is 0 Å². The highest BCUT2D eigenvalue weighted by atomic mass is 32.2. The summed E-state index contributed by atoms with van der Waals surface area (Å²) in [6.07, 6.45) is 2.56. The van der Waals surface area contributed by atoms with Gasteiger partial charge in [-0.05, 0) is 32.0 Å². The predicted octanol–water partition coefficient (Wildman–Crippen LogP) is 1.92. The number of hydrogen-bond donors (Lipinski definition) is 1. The first-order valence-corrected chi connectivity index (χ1v) is 8.98. The van der Waals surface area contributed by atoms with Gasteiger partial charge in [-0.2, -0.15) is 4.73 Å². The summed E-state index contributed by atoms with van der Waals surface area (Å²) < 4.78 is 24.6. The molecule has 0 unspecified atom stereocenters. The maximum atomic E-state index is 12.9. The van der Waals surface area contributed by atoms with E-state index in [2.05, 4.69) is 9.97 Å². The summed E-state index contributed by atoms with van der Waals surface area (Å²) in [5, 5.41) is 10.4. The Morgan fingerprint density at radius 1 is 1.21 bits per heavy atom. The average Bonchev–Trinajstić information content (AvgIpc) is 2.77. The van der Waals surface area contributed by atoms with E-state index in [9.17, 15) is 18.4 Å². The van der Waals surface area contributed by atoms with Gasteiger partial charge in [0.1, 0.15) is 5.82 Å². The van der Waals surface area contributed by atoms with Gasteiger partial charge in [0, 0.05) is 23.4 Å². The predicted molar refractivity (Wildman–Crippen MR) is 87.2 cm³/mol. The highest BCUT2D eigenvalue weighted by Gasteiger charge is 2.24.